The summed E-state index contributed by atoms with van der Waals surface area (Å²) in [7, 11) is -18.7. The molecule has 5 heterocycles. The molecular weight excluding hydrogens is 1920 g/mol. The summed E-state index contributed by atoms with van der Waals surface area (Å²) in [6, 6.07) is 95.8. The second-order valence-corrected chi connectivity index (χ2v) is 41.3. The van der Waals surface area contributed by atoms with E-state index in [1.54, 1.807) is 194 Å². The molecular formula is C107H85N11O20S5. The van der Waals surface area contributed by atoms with Crippen molar-refractivity contribution in [2.45, 2.75) is 56.6 Å². The summed E-state index contributed by atoms with van der Waals surface area (Å²) < 4.78 is 113. The number of carbonyl (C=O) groups is 10. The molecule has 5 aliphatic rings. The number of rotatable bonds is 20. The molecule has 0 bridgehead atoms. The Morgan fingerprint density at radius 1 is 0.189 bits per heavy atom. The van der Waals surface area contributed by atoms with Gasteiger partial charge in [0.25, 0.3) is 59.1 Å². The third kappa shape index (κ3) is 21.5. The lowest BCUT2D eigenvalue weighted by atomic mass is 9.94. The highest BCUT2D eigenvalue weighted by atomic mass is 32.2. The Morgan fingerprint density at radius 3 is 0.448 bits per heavy atom. The molecule has 10 N–H and O–H groups in total. The van der Waals surface area contributed by atoms with Crippen molar-refractivity contribution in [2.24, 2.45) is 25.7 Å². The van der Waals surface area contributed by atoms with Crippen molar-refractivity contribution in [1.82, 2.24) is 24.5 Å². The molecule has 16 aromatic carbocycles. The number of nitrogens with two attached hydrogens (primary N) is 5. The minimum absolute atomic E-state index is 0.0250. The monoisotopic (exact) mass is 2000 g/mol. The van der Waals surface area contributed by atoms with Crippen molar-refractivity contribution in [1.29, 1.82) is 5.26 Å². The molecule has 0 aromatic heterocycles. The van der Waals surface area contributed by atoms with Gasteiger partial charge in [-0.05, 0) is 220 Å². The first kappa shape index (κ1) is 99.6. The molecule has 16 aromatic rings. The van der Waals surface area contributed by atoms with E-state index in [2.05, 4.69) is 0 Å². The number of hydrogen-bond donors (Lipinski definition) is 5. The van der Waals surface area contributed by atoms with Crippen LogP contribution in [0.15, 0.2) is 358 Å². The number of benzene rings is 16. The molecule has 31 nitrogen and oxygen atoms in total. The molecule has 143 heavy (non-hydrogen) atoms. The van der Waals surface area contributed by atoms with E-state index in [9.17, 15) is 90.0 Å². The lowest BCUT2D eigenvalue weighted by molar-refractivity contribution is 0.0597. The van der Waals surface area contributed by atoms with Gasteiger partial charge in [-0.3, -0.25) is 72.4 Å². The van der Waals surface area contributed by atoms with Crippen molar-refractivity contribution in [3.63, 3.8) is 0 Å². The predicted octanol–water partition coefficient (Wildman–Crippen LogP) is 13.2. The van der Waals surface area contributed by atoms with Gasteiger partial charge in [0.15, 0.2) is 0 Å². The Labute approximate surface area is 820 Å². The van der Waals surface area contributed by atoms with Gasteiger partial charge in [0.2, 0.25) is 50.1 Å². The number of nitrogens with zero attached hydrogens (tertiary/aromatic N) is 6. The van der Waals surface area contributed by atoms with Crippen LogP contribution in [0.4, 0.5) is 0 Å². The largest absolute Gasteiger partial charge is 0.274 e. The van der Waals surface area contributed by atoms with Crippen LogP contribution in [0.25, 0.3) is 53.9 Å². The molecule has 0 aliphatic carbocycles. The fourth-order valence-corrected chi connectivity index (χ4v) is 19.9. The smallest absolute Gasteiger partial charge is 0.261 e. The molecule has 0 spiro atoms. The third-order valence-corrected chi connectivity index (χ3v) is 29.2. The van der Waals surface area contributed by atoms with Crippen molar-refractivity contribution < 1.29 is 90.0 Å². The summed E-state index contributed by atoms with van der Waals surface area (Å²) in [6.45, 7) is 1.03. The minimum atomic E-state index is -3.75. The van der Waals surface area contributed by atoms with Crippen LogP contribution in [-0.4, -0.2) is 158 Å². The number of amides is 10. The maximum absolute atomic E-state index is 12.8. The lowest BCUT2D eigenvalue weighted by Gasteiger charge is -2.27. The van der Waals surface area contributed by atoms with Crippen LogP contribution in [0.1, 0.15) is 137 Å². The molecule has 10 amide bonds. The Hall–Kier alpha value is -16.4. The van der Waals surface area contributed by atoms with Crippen LogP contribution in [0.2, 0.25) is 0 Å². The lowest BCUT2D eigenvalue weighted by Crippen LogP contribution is -2.41. The van der Waals surface area contributed by atoms with E-state index >= 15 is 0 Å². The maximum Gasteiger partial charge on any atom is 0.261 e. The third-order valence-electron chi connectivity index (χ3n) is 24.6. The summed E-state index contributed by atoms with van der Waals surface area (Å²) in [6.07, 6.45) is 2.09. The molecule has 0 saturated heterocycles. The Bertz CT molecular complexity index is 7260. The van der Waals surface area contributed by atoms with Crippen molar-refractivity contribution in [3.05, 3.63) is 423 Å². The second-order valence-electron chi connectivity index (χ2n) is 33.5. The van der Waals surface area contributed by atoms with Crippen molar-refractivity contribution >= 4 is 163 Å². The van der Waals surface area contributed by atoms with Crippen LogP contribution in [-0.2, 0) is 82.2 Å². The van der Waals surface area contributed by atoms with Gasteiger partial charge in [-0.15, -0.1) is 0 Å². The van der Waals surface area contributed by atoms with E-state index in [-0.39, 0.29) is 116 Å². The molecule has 0 saturated carbocycles. The predicted molar refractivity (Wildman–Crippen MR) is 535 cm³/mol. The summed E-state index contributed by atoms with van der Waals surface area (Å²) in [5, 5.41) is 41.6. The highest BCUT2D eigenvalue weighted by Gasteiger charge is 2.38. The number of carbonyl (C=O) groups excluding carboxylic acids is 10. The topological polar surface area (TPSA) is 511 Å². The number of imide groups is 5. The zero-order valence-electron chi connectivity index (χ0n) is 75.6. The maximum atomic E-state index is 12.8. The highest BCUT2D eigenvalue weighted by molar-refractivity contribution is 7.90. The molecule has 0 atom stereocenters. The number of nitriles is 1. The van der Waals surface area contributed by atoms with Crippen LogP contribution in [0, 0.1) is 11.3 Å². The molecule has 0 radical (unpaired) electrons. The van der Waals surface area contributed by atoms with Gasteiger partial charge in [0.1, 0.15) is 0 Å². The van der Waals surface area contributed by atoms with E-state index < -0.39 is 50.1 Å². The van der Waals surface area contributed by atoms with Crippen molar-refractivity contribution in [3.8, 4) is 6.07 Å². The normalized spacial score (nSPS) is 13.7. The standard InChI is InChI=1S/5C20H16N2O4S.C7H5N/c5*21-27(25,26)15-9-7-13(8-10-15)11-12-22-19(23)16-5-1-3-14-4-2-6-17(18(14)16)20(22)24;8-6-7-4-2-1-3-5-7/h5*1-10H,11-12H2,(H2,21,25,26);1-5H. The first-order chi connectivity index (χ1) is 68.2. The summed E-state index contributed by atoms with van der Waals surface area (Å²) in [5.74, 6) is -3.14. The fourth-order valence-electron chi connectivity index (χ4n) is 17.4. The van der Waals surface area contributed by atoms with Crippen LogP contribution >= 0.6 is 0 Å². The van der Waals surface area contributed by atoms with Crippen LogP contribution in [0.5, 0.6) is 0 Å². The van der Waals surface area contributed by atoms with Crippen LogP contribution in [0.3, 0.4) is 0 Å². The molecule has 21 rings (SSSR count). The fraction of sp³-hybridized carbons (Fsp3) is 0.0935. The zero-order chi connectivity index (χ0) is 102. The van der Waals surface area contributed by atoms with E-state index in [4.69, 9.17) is 31.0 Å². The Kier molecular flexibility index (Phi) is 28.7. The van der Waals surface area contributed by atoms with E-state index in [0.717, 1.165) is 54.7 Å². The molecule has 0 fully saturated rings. The van der Waals surface area contributed by atoms with Crippen molar-refractivity contribution in [2.75, 3.05) is 32.7 Å². The number of primary sulfonamides is 5. The number of sulfonamides is 5. The van der Waals surface area contributed by atoms with Gasteiger partial charge in [-0.1, -0.05) is 200 Å². The van der Waals surface area contributed by atoms with E-state index in [1.807, 2.05) is 84.9 Å². The zero-order valence-corrected chi connectivity index (χ0v) is 79.7. The molecule has 0 unspecified atom stereocenters. The quantitative estimate of drug-likeness (QED) is 0.0442. The Balaban J connectivity index is 0.000000126. The van der Waals surface area contributed by atoms with E-state index in [1.165, 1.54) is 85.2 Å². The first-order valence-electron chi connectivity index (χ1n) is 44.2. The van der Waals surface area contributed by atoms with Gasteiger partial charge < -0.3 is 0 Å². The molecule has 5 aliphatic heterocycles. The average Bonchev–Trinajstić information content (AvgIpc) is 0.764. The van der Waals surface area contributed by atoms with Gasteiger partial charge in [-0.2, -0.15) is 5.26 Å². The van der Waals surface area contributed by atoms with Gasteiger partial charge in [0.05, 0.1) is 36.1 Å². The minimum Gasteiger partial charge on any atom is -0.274 e. The highest BCUT2D eigenvalue weighted by Crippen LogP contribution is 2.37. The summed E-state index contributed by atoms with van der Waals surface area (Å²) in [5.41, 5.74) is 9.95. The average molecular weight is 2010 g/mol. The Morgan fingerprint density at radius 2 is 0.329 bits per heavy atom. The SMILES string of the molecule is N#Cc1ccccc1.NS(=O)(=O)c1ccc(CCN2C(=O)c3cccc4cccc(c34)C2=O)cc1.NS(=O)(=O)c1ccc(CCN2C(=O)c3cccc4cccc(c34)C2=O)cc1.NS(=O)(=O)c1ccc(CCN2C(=O)c3cccc4cccc(c34)C2=O)cc1.NS(=O)(=O)c1ccc(CCN2C(=O)c3cccc4cccc(c34)C2=O)cc1.NS(=O)(=O)c1ccc(CCN2C(=O)c3cccc4cccc(c34)C2=O)cc1. The first-order valence-corrected chi connectivity index (χ1v) is 51.9. The van der Waals surface area contributed by atoms with Gasteiger partial charge in [0, 0.05) is 115 Å². The summed E-state index contributed by atoms with van der Waals surface area (Å²) in [4.78, 5) is 135. The van der Waals surface area contributed by atoms with E-state index in [0.29, 0.717) is 120 Å². The molecule has 718 valence electrons. The van der Waals surface area contributed by atoms with Gasteiger partial charge >= 0.3 is 0 Å². The second kappa shape index (κ2) is 41.2. The summed E-state index contributed by atoms with van der Waals surface area (Å²) >= 11 is 0. The number of hydrogen-bond acceptors (Lipinski definition) is 21. The van der Waals surface area contributed by atoms with Gasteiger partial charge in [-0.25, -0.2) is 67.8 Å². The molecule has 36 heteroatoms. The van der Waals surface area contributed by atoms with Crippen LogP contribution < -0.4 is 25.7 Å².